The Morgan fingerprint density at radius 2 is 2.25 bits per heavy atom. The van der Waals surface area contributed by atoms with E-state index in [1.807, 2.05) is 19.1 Å². The molecule has 1 aromatic rings. The van der Waals surface area contributed by atoms with Crippen molar-refractivity contribution >= 4 is 11.6 Å². The first kappa shape index (κ1) is 15.0. The molecule has 110 valence electrons. The second kappa shape index (κ2) is 6.89. The molecule has 0 bridgehead atoms. The molecule has 1 amide bonds. The van der Waals surface area contributed by atoms with E-state index in [0.29, 0.717) is 18.3 Å². The molecule has 0 saturated carbocycles. The summed E-state index contributed by atoms with van der Waals surface area (Å²) < 4.78 is 0. The van der Waals surface area contributed by atoms with Crippen molar-refractivity contribution < 1.29 is 4.79 Å². The second-order valence-corrected chi connectivity index (χ2v) is 6.15. The molecule has 0 spiro atoms. The number of anilines is 1. The highest BCUT2D eigenvalue weighted by Gasteiger charge is 2.22. The monoisotopic (exact) mass is 274 g/mol. The normalized spacial score (nSPS) is 20.4. The molecular formula is C17H26N2O. The number of aryl methyl sites for hydroxylation is 2. The maximum atomic E-state index is 12.2. The highest BCUT2D eigenvalue weighted by Crippen LogP contribution is 2.23. The van der Waals surface area contributed by atoms with Crippen LogP contribution in [0.1, 0.15) is 37.3 Å². The van der Waals surface area contributed by atoms with E-state index in [1.165, 1.54) is 18.4 Å². The van der Waals surface area contributed by atoms with Gasteiger partial charge >= 0.3 is 0 Å². The summed E-state index contributed by atoms with van der Waals surface area (Å²) in [5.41, 5.74) is 3.29. The predicted octanol–water partition coefficient (Wildman–Crippen LogP) is 3.27. The molecule has 1 aliphatic heterocycles. The van der Waals surface area contributed by atoms with E-state index in [-0.39, 0.29) is 5.91 Å². The molecule has 2 unspecified atom stereocenters. The van der Waals surface area contributed by atoms with E-state index in [0.717, 1.165) is 24.3 Å². The molecule has 2 atom stereocenters. The molecular weight excluding hydrogens is 248 g/mol. The molecule has 3 heteroatoms. The third-order valence-electron chi connectivity index (χ3n) is 4.30. The lowest BCUT2D eigenvalue weighted by molar-refractivity contribution is -0.117. The van der Waals surface area contributed by atoms with Gasteiger partial charge in [0.25, 0.3) is 0 Å². The van der Waals surface area contributed by atoms with Gasteiger partial charge in [-0.05, 0) is 63.2 Å². The molecule has 0 radical (unpaired) electrons. The molecule has 1 aliphatic rings. The molecule has 20 heavy (non-hydrogen) atoms. The summed E-state index contributed by atoms with van der Waals surface area (Å²) in [4.78, 5) is 12.2. The summed E-state index contributed by atoms with van der Waals surface area (Å²) in [6.45, 7) is 8.48. The highest BCUT2D eigenvalue weighted by molar-refractivity contribution is 5.91. The minimum absolute atomic E-state index is 0.134. The van der Waals surface area contributed by atoms with E-state index >= 15 is 0 Å². The van der Waals surface area contributed by atoms with Crippen molar-refractivity contribution in [2.24, 2.45) is 11.8 Å². The smallest absolute Gasteiger partial charge is 0.224 e. The summed E-state index contributed by atoms with van der Waals surface area (Å²) in [5, 5.41) is 6.47. The first-order chi connectivity index (χ1) is 9.56. The summed E-state index contributed by atoms with van der Waals surface area (Å²) >= 11 is 0. The number of hydrogen-bond acceptors (Lipinski definition) is 2. The Hall–Kier alpha value is -1.35. The van der Waals surface area contributed by atoms with Crippen molar-refractivity contribution in [3.8, 4) is 0 Å². The van der Waals surface area contributed by atoms with Crippen molar-refractivity contribution in [2.45, 2.75) is 40.0 Å². The Bertz CT molecular complexity index is 464. The van der Waals surface area contributed by atoms with Crippen LogP contribution in [0.15, 0.2) is 18.2 Å². The van der Waals surface area contributed by atoms with E-state index in [1.54, 1.807) is 0 Å². The standard InChI is InChI=1S/C17H26N2O/c1-12-6-7-16(14(3)9-12)19-17(20)10-13(2)15-5-4-8-18-11-15/h6-7,9,13,15,18H,4-5,8,10-11H2,1-3H3,(H,19,20). The first-order valence-corrected chi connectivity index (χ1v) is 7.64. The largest absolute Gasteiger partial charge is 0.326 e. The van der Waals surface area contributed by atoms with Gasteiger partial charge in [-0.25, -0.2) is 0 Å². The molecule has 1 aromatic carbocycles. The van der Waals surface area contributed by atoms with Gasteiger partial charge in [0.2, 0.25) is 5.91 Å². The van der Waals surface area contributed by atoms with Gasteiger partial charge in [-0.2, -0.15) is 0 Å². The number of benzene rings is 1. The van der Waals surface area contributed by atoms with Crippen molar-refractivity contribution in [3.05, 3.63) is 29.3 Å². The summed E-state index contributed by atoms with van der Waals surface area (Å²) in [5.74, 6) is 1.21. The Balaban J connectivity index is 1.88. The molecule has 2 rings (SSSR count). The lowest BCUT2D eigenvalue weighted by Crippen LogP contribution is -2.34. The van der Waals surface area contributed by atoms with Crippen LogP contribution in [0.5, 0.6) is 0 Å². The van der Waals surface area contributed by atoms with E-state index < -0.39 is 0 Å². The number of nitrogens with one attached hydrogen (secondary N) is 2. The fraction of sp³-hybridized carbons (Fsp3) is 0.588. The molecule has 0 aliphatic carbocycles. The third kappa shape index (κ3) is 4.07. The number of carbonyl (C=O) groups is 1. The van der Waals surface area contributed by atoms with Crippen molar-refractivity contribution in [1.82, 2.24) is 5.32 Å². The van der Waals surface area contributed by atoms with Gasteiger partial charge in [0, 0.05) is 12.1 Å². The van der Waals surface area contributed by atoms with Crippen LogP contribution in [0.25, 0.3) is 0 Å². The average Bonchev–Trinajstić information content (AvgIpc) is 2.43. The zero-order valence-electron chi connectivity index (χ0n) is 12.8. The van der Waals surface area contributed by atoms with Crippen LogP contribution in [-0.2, 0) is 4.79 Å². The molecule has 2 N–H and O–H groups in total. The van der Waals surface area contributed by atoms with Crippen LogP contribution in [0.3, 0.4) is 0 Å². The van der Waals surface area contributed by atoms with Gasteiger partial charge in [0.05, 0.1) is 0 Å². The van der Waals surface area contributed by atoms with Crippen LogP contribution < -0.4 is 10.6 Å². The van der Waals surface area contributed by atoms with Crippen LogP contribution in [0.4, 0.5) is 5.69 Å². The maximum Gasteiger partial charge on any atom is 0.224 e. The van der Waals surface area contributed by atoms with E-state index in [9.17, 15) is 4.79 Å². The fourth-order valence-electron chi connectivity index (χ4n) is 2.98. The van der Waals surface area contributed by atoms with Gasteiger partial charge in [-0.1, -0.05) is 24.6 Å². The maximum absolute atomic E-state index is 12.2. The molecule has 1 saturated heterocycles. The lowest BCUT2D eigenvalue weighted by atomic mass is 9.85. The van der Waals surface area contributed by atoms with Crippen LogP contribution in [-0.4, -0.2) is 19.0 Å². The Morgan fingerprint density at radius 1 is 1.45 bits per heavy atom. The van der Waals surface area contributed by atoms with Gasteiger partial charge in [-0.3, -0.25) is 4.79 Å². The Kier molecular flexibility index (Phi) is 5.18. The molecule has 0 aromatic heterocycles. The highest BCUT2D eigenvalue weighted by atomic mass is 16.1. The topological polar surface area (TPSA) is 41.1 Å². The minimum Gasteiger partial charge on any atom is -0.326 e. The SMILES string of the molecule is Cc1ccc(NC(=O)CC(C)C2CCCNC2)c(C)c1. The minimum atomic E-state index is 0.134. The summed E-state index contributed by atoms with van der Waals surface area (Å²) in [7, 11) is 0. The van der Waals surface area contributed by atoms with Gasteiger partial charge in [-0.15, -0.1) is 0 Å². The van der Waals surface area contributed by atoms with Gasteiger partial charge in [0.1, 0.15) is 0 Å². The van der Waals surface area contributed by atoms with Crippen LogP contribution in [0.2, 0.25) is 0 Å². The second-order valence-electron chi connectivity index (χ2n) is 6.15. The van der Waals surface area contributed by atoms with Crippen LogP contribution >= 0.6 is 0 Å². The predicted molar refractivity (Wildman–Crippen MR) is 83.9 cm³/mol. The van der Waals surface area contributed by atoms with Gasteiger partial charge in [0.15, 0.2) is 0 Å². The molecule has 1 fully saturated rings. The molecule has 1 heterocycles. The zero-order valence-corrected chi connectivity index (χ0v) is 12.8. The number of rotatable bonds is 4. The first-order valence-electron chi connectivity index (χ1n) is 7.64. The summed E-state index contributed by atoms with van der Waals surface area (Å²) in [6, 6.07) is 6.14. The quantitative estimate of drug-likeness (QED) is 0.884. The Labute approximate surface area is 122 Å². The van der Waals surface area contributed by atoms with Crippen molar-refractivity contribution in [2.75, 3.05) is 18.4 Å². The fourth-order valence-corrected chi connectivity index (χ4v) is 2.98. The lowest BCUT2D eigenvalue weighted by Gasteiger charge is -2.28. The van der Waals surface area contributed by atoms with E-state index in [4.69, 9.17) is 0 Å². The number of amides is 1. The average molecular weight is 274 g/mol. The molecule has 3 nitrogen and oxygen atoms in total. The van der Waals surface area contributed by atoms with Gasteiger partial charge < -0.3 is 10.6 Å². The third-order valence-corrected chi connectivity index (χ3v) is 4.30. The van der Waals surface area contributed by atoms with E-state index in [2.05, 4.69) is 30.5 Å². The van der Waals surface area contributed by atoms with Crippen LogP contribution in [0, 0.1) is 25.7 Å². The van der Waals surface area contributed by atoms with Crippen molar-refractivity contribution in [3.63, 3.8) is 0 Å². The number of carbonyl (C=O) groups excluding carboxylic acids is 1. The number of piperidine rings is 1. The zero-order chi connectivity index (χ0) is 14.5. The number of hydrogen-bond donors (Lipinski definition) is 2. The summed E-state index contributed by atoms with van der Waals surface area (Å²) in [6.07, 6.45) is 3.08. The van der Waals surface area contributed by atoms with Crippen molar-refractivity contribution in [1.29, 1.82) is 0 Å². The Morgan fingerprint density at radius 3 is 2.90 bits per heavy atom.